The summed E-state index contributed by atoms with van der Waals surface area (Å²) in [5.74, 6) is 2.60. The van der Waals surface area contributed by atoms with E-state index in [0.29, 0.717) is 24.0 Å². The summed E-state index contributed by atoms with van der Waals surface area (Å²) in [7, 11) is 0. The fraction of sp³-hybridized carbons (Fsp3) is 0.250. The summed E-state index contributed by atoms with van der Waals surface area (Å²) in [5.41, 5.74) is 2.41. The Morgan fingerprint density at radius 3 is 2.44 bits per heavy atom. The molecule has 0 fully saturated rings. The second kappa shape index (κ2) is 7.85. The fourth-order valence-electron chi connectivity index (χ4n) is 2.47. The lowest BCUT2D eigenvalue weighted by Gasteiger charge is -2.10. The number of aromatic nitrogens is 1. The average Bonchev–Trinajstić information content (AvgIpc) is 3.01. The van der Waals surface area contributed by atoms with Gasteiger partial charge >= 0.3 is 0 Å². The standard InChI is InChI=1S/C20H21NO4/c1-3-23-17-9-15(12-22)10-18(11-17)24-13-19-14(2)25-20(21-19)16-7-5-4-6-8-16/h4-11,22H,3,12-13H2,1-2H3. The molecule has 0 atom stereocenters. The Kier molecular flexibility index (Phi) is 5.36. The Balaban J connectivity index is 1.76. The summed E-state index contributed by atoms with van der Waals surface area (Å²) in [6.45, 7) is 4.54. The molecule has 1 heterocycles. The van der Waals surface area contributed by atoms with Crippen LogP contribution in [0.4, 0.5) is 0 Å². The van der Waals surface area contributed by atoms with Crippen molar-refractivity contribution in [3.8, 4) is 23.0 Å². The van der Waals surface area contributed by atoms with Gasteiger partial charge in [-0.25, -0.2) is 4.98 Å². The van der Waals surface area contributed by atoms with E-state index in [9.17, 15) is 5.11 Å². The summed E-state index contributed by atoms with van der Waals surface area (Å²) in [5, 5.41) is 9.38. The zero-order valence-electron chi connectivity index (χ0n) is 14.4. The first-order valence-corrected chi connectivity index (χ1v) is 8.21. The molecule has 1 N–H and O–H groups in total. The SMILES string of the molecule is CCOc1cc(CO)cc(OCc2nc(-c3ccccc3)oc2C)c1. The summed E-state index contributed by atoms with van der Waals surface area (Å²) in [6, 6.07) is 15.1. The lowest BCUT2D eigenvalue weighted by atomic mass is 10.2. The maximum Gasteiger partial charge on any atom is 0.226 e. The number of aryl methyl sites for hydroxylation is 1. The molecule has 0 saturated heterocycles. The molecular formula is C20H21NO4. The van der Waals surface area contributed by atoms with E-state index >= 15 is 0 Å². The van der Waals surface area contributed by atoms with E-state index in [1.165, 1.54) is 0 Å². The molecule has 3 aromatic rings. The zero-order valence-corrected chi connectivity index (χ0v) is 14.4. The van der Waals surface area contributed by atoms with Gasteiger partial charge in [0.25, 0.3) is 0 Å². The fourth-order valence-corrected chi connectivity index (χ4v) is 2.47. The van der Waals surface area contributed by atoms with E-state index in [-0.39, 0.29) is 13.2 Å². The Labute approximate surface area is 146 Å². The van der Waals surface area contributed by atoms with E-state index in [4.69, 9.17) is 13.9 Å². The van der Waals surface area contributed by atoms with Crippen molar-refractivity contribution in [2.45, 2.75) is 27.1 Å². The van der Waals surface area contributed by atoms with Crippen molar-refractivity contribution in [3.05, 3.63) is 65.5 Å². The molecule has 3 rings (SSSR count). The van der Waals surface area contributed by atoms with Gasteiger partial charge in [0, 0.05) is 11.6 Å². The number of rotatable bonds is 7. The summed E-state index contributed by atoms with van der Waals surface area (Å²) < 4.78 is 17.1. The molecule has 5 heteroatoms. The van der Waals surface area contributed by atoms with Crippen LogP contribution in [-0.4, -0.2) is 16.7 Å². The summed E-state index contributed by atoms with van der Waals surface area (Å²) >= 11 is 0. The Morgan fingerprint density at radius 2 is 1.76 bits per heavy atom. The molecule has 0 aliphatic rings. The predicted octanol–water partition coefficient (Wildman–Crippen LogP) is 4.12. The van der Waals surface area contributed by atoms with E-state index in [0.717, 1.165) is 22.6 Å². The maximum absolute atomic E-state index is 9.38. The molecule has 2 aromatic carbocycles. The van der Waals surface area contributed by atoms with Crippen LogP contribution in [0, 0.1) is 6.92 Å². The Hall–Kier alpha value is -2.79. The molecule has 130 valence electrons. The van der Waals surface area contributed by atoms with Crippen molar-refractivity contribution in [2.24, 2.45) is 0 Å². The van der Waals surface area contributed by atoms with Crippen LogP contribution in [0.2, 0.25) is 0 Å². The number of aliphatic hydroxyl groups is 1. The number of ether oxygens (including phenoxy) is 2. The molecular weight excluding hydrogens is 318 g/mol. The van der Waals surface area contributed by atoms with Gasteiger partial charge < -0.3 is 19.0 Å². The highest BCUT2D eigenvalue weighted by Crippen LogP contribution is 2.26. The van der Waals surface area contributed by atoms with Crippen molar-refractivity contribution in [3.63, 3.8) is 0 Å². The minimum atomic E-state index is -0.0710. The third-order valence-electron chi connectivity index (χ3n) is 3.72. The molecule has 0 amide bonds. The lowest BCUT2D eigenvalue weighted by molar-refractivity contribution is 0.273. The third-order valence-corrected chi connectivity index (χ3v) is 3.72. The van der Waals surface area contributed by atoms with E-state index in [1.807, 2.05) is 44.2 Å². The first-order valence-electron chi connectivity index (χ1n) is 8.21. The molecule has 0 bridgehead atoms. The molecule has 0 unspecified atom stereocenters. The number of oxazole rings is 1. The third kappa shape index (κ3) is 4.19. The van der Waals surface area contributed by atoms with Gasteiger partial charge in [0.1, 0.15) is 29.6 Å². The quantitative estimate of drug-likeness (QED) is 0.701. The van der Waals surface area contributed by atoms with Gasteiger partial charge in [-0.3, -0.25) is 0 Å². The number of hydrogen-bond donors (Lipinski definition) is 1. The van der Waals surface area contributed by atoms with E-state index < -0.39 is 0 Å². The zero-order chi connectivity index (χ0) is 17.6. The molecule has 25 heavy (non-hydrogen) atoms. The monoisotopic (exact) mass is 339 g/mol. The van der Waals surface area contributed by atoms with Crippen LogP contribution < -0.4 is 9.47 Å². The second-order valence-electron chi connectivity index (χ2n) is 5.58. The molecule has 0 spiro atoms. The first-order chi connectivity index (χ1) is 12.2. The molecule has 5 nitrogen and oxygen atoms in total. The van der Waals surface area contributed by atoms with Crippen molar-refractivity contribution in [1.29, 1.82) is 0 Å². The number of hydrogen-bond acceptors (Lipinski definition) is 5. The van der Waals surface area contributed by atoms with Crippen LogP contribution >= 0.6 is 0 Å². The smallest absolute Gasteiger partial charge is 0.226 e. The van der Waals surface area contributed by atoms with Crippen LogP contribution in [0.1, 0.15) is 23.9 Å². The van der Waals surface area contributed by atoms with Crippen molar-refractivity contribution in [1.82, 2.24) is 4.98 Å². The van der Waals surface area contributed by atoms with Gasteiger partial charge in [-0.2, -0.15) is 0 Å². The van der Waals surface area contributed by atoms with E-state index in [1.54, 1.807) is 18.2 Å². The second-order valence-corrected chi connectivity index (χ2v) is 5.58. The highest BCUT2D eigenvalue weighted by atomic mass is 16.5. The minimum absolute atomic E-state index is 0.0710. The average molecular weight is 339 g/mol. The minimum Gasteiger partial charge on any atom is -0.494 e. The van der Waals surface area contributed by atoms with E-state index in [2.05, 4.69) is 4.98 Å². The lowest BCUT2D eigenvalue weighted by Crippen LogP contribution is -2.00. The largest absolute Gasteiger partial charge is 0.494 e. The maximum atomic E-state index is 9.38. The van der Waals surface area contributed by atoms with Crippen LogP contribution in [0.3, 0.4) is 0 Å². The molecule has 0 radical (unpaired) electrons. The van der Waals surface area contributed by atoms with Crippen LogP contribution in [0.5, 0.6) is 11.5 Å². The van der Waals surface area contributed by atoms with Gasteiger partial charge in [-0.15, -0.1) is 0 Å². The Morgan fingerprint density at radius 1 is 1.04 bits per heavy atom. The van der Waals surface area contributed by atoms with Crippen LogP contribution in [0.25, 0.3) is 11.5 Å². The van der Waals surface area contributed by atoms with Crippen molar-refractivity contribution >= 4 is 0 Å². The molecule has 0 saturated carbocycles. The van der Waals surface area contributed by atoms with Gasteiger partial charge in [-0.05, 0) is 43.7 Å². The first kappa shape index (κ1) is 17.0. The summed E-state index contributed by atoms with van der Waals surface area (Å²) in [6.07, 6.45) is 0. The Bertz CT molecular complexity index is 827. The molecule has 0 aliphatic heterocycles. The van der Waals surface area contributed by atoms with Gasteiger partial charge in [0.2, 0.25) is 5.89 Å². The van der Waals surface area contributed by atoms with Crippen LogP contribution in [-0.2, 0) is 13.2 Å². The topological polar surface area (TPSA) is 64.7 Å². The van der Waals surface area contributed by atoms with Gasteiger partial charge in [0.05, 0.1) is 13.2 Å². The molecule has 1 aromatic heterocycles. The number of nitrogens with zero attached hydrogens (tertiary/aromatic N) is 1. The highest BCUT2D eigenvalue weighted by Gasteiger charge is 2.12. The van der Waals surface area contributed by atoms with Crippen molar-refractivity contribution in [2.75, 3.05) is 6.61 Å². The van der Waals surface area contributed by atoms with Gasteiger partial charge in [-0.1, -0.05) is 18.2 Å². The van der Waals surface area contributed by atoms with Crippen molar-refractivity contribution < 1.29 is 19.0 Å². The molecule has 0 aliphatic carbocycles. The highest BCUT2D eigenvalue weighted by molar-refractivity contribution is 5.53. The number of benzene rings is 2. The van der Waals surface area contributed by atoms with Crippen LogP contribution in [0.15, 0.2) is 52.9 Å². The normalized spacial score (nSPS) is 10.7. The number of aliphatic hydroxyl groups excluding tert-OH is 1. The predicted molar refractivity (Wildman–Crippen MR) is 94.5 cm³/mol. The summed E-state index contributed by atoms with van der Waals surface area (Å²) in [4.78, 5) is 4.52. The van der Waals surface area contributed by atoms with Gasteiger partial charge in [0.15, 0.2) is 0 Å².